The number of hydrogen-bond acceptors (Lipinski definition) is 15. The first-order chi connectivity index (χ1) is 28.1. The SMILES string of the molecule is CSC1CC(=O)N(CCNC(=O)CCSC(C)(C)SCCC(=O)O[C@@H]2[C@H](C)CCC[C@]3(C)O[C@@H]3C[C@H](/C(C)=C/c3csc(C)n3)OC(=O)C[C@@H](O)C(C)(C)C(=O)[C@H]2C)C1=O. The largest absolute Gasteiger partial charge is 0.461 e. The molecule has 0 radical (unpaired) electrons. The molecular formula is C43H65N3O10S4. The summed E-state index contributed by atoms with van der Waals surface area (Å²) in [5.41, 5.74) is -0.141. The number of nitrogens with zero attached hydrogens (tertiary/aromatic N) is 2. The minimum Gasteiger partial charge on any atom is -0.461 e. The predicted molar refractivity (Wildman–Crippen MR) is 240 cm³/mol. The molecule has 0 spiro atoms. The van der Waals surface area contributed by atoms with Gasteiger partial charge in [-0.1, -0.05) is 34.1 Å². The van der Waals surface area contributed by atoms with Crippen LogP contribution in [0.15, 0.2) is 11.0 Å². The van der Waals surface area contributed by atoms with E-state index in [9.17, 15) is 33.9 Å². The Labute approximate surface area is 372 Å². The second kappa shape index (κ2) is 21.8. The topological polar surface area (TPSA) is 182 Å². The summed E-state index contributed by atoms with van der Waals surface area (Å²) in [6.45, 7) is 17.3. The molecule has 1 aromatic heterocycles. The number of Topliss-reactive ketones (excluding diaryl/α,β-unsaturated/α-hetero) is 1. The highest BCUT2D eigenvalue weighted by Gasteiger charge is 2.53. The molecule has 1 unspecified atom stereocenters. The van der Waals surface area contributed by atoms with Gasteiger partial charge in [-0.15, -0.1) is 34.9 Å². The number of thiazole rings is 1. The maximum Gasteiger partial charge on any atom is 0.309 e. The van der Waals surface area contributed by atoms with Crippen LogP contribution >= 0.6 is 46.6 Å². The number of ketones is 1. The Morgan fingerprint density at radius 1 is 1.12 bits per heavy atom. The number of likely N-dealkylation sites (tertiary alicyclic amines) is 1. The summed E-state index contributed by atoms with van der Waals surface area (Å²) in [5.74, 6) is -1.85. The molecule has 3 amide bonds. The van der Waals surface area contributed by atoms with Crippen LogP contribution < -0.4 is 5.32 Å². The fraction of sp³-hybridized carbons (Fsp3) is 0.744. The van der Waals surface area contributed by atoms with Gasteiger partial charge in [0.15, 0.2) is 0 Å². The Morgan fingerprint density at radius 3 is 2.43 bits per heavy atom. The number of rotatable bonds is 15. The van der Waals surface area contributed by atoms with E-state index in [0.29, 0.717) is 24.3 Å². The monoisotopic (exact) mass is 911 g/mol. The highest BCUT2D eigenvalue weighted by Crippen LogP contribution is 2.45. The third-order valence-corrected chi connectivity index (χ3v) is 16.5. The average Bonchev–Trinajstić information content (AvgIpc) is 3.45. The standard InChI is InChI=1S/C43H65N3O10S4/c1-25-12-11-15-43(9)33(56-43)21-30(26(2)20-29-24-58-28(4)45-29)54-37(51)23-32(47)41(5,6)39(52)27(3)38(25)55-36(50)14-19-60-42(7,8)59-18-13-34(48)44-16-17-46-35(49)22-31(57-10)40(46)53/h20,24-25,27,30-33,38,47H,11-19,21-23H2,1-10H3,(H,44,48)/b26-20+/t25-,27+,30-,31?,32-,33-,38-,43+/m1/s1. The second-order valence-electron chi connectivity index (χ2n) is 17.5. The van der Waals surface area contributed by atoms with Crippen molar-refractivity contribution in [2.45, 2.75) is 153 Å². The number of carbonyl (C=O) groups is 6. The second-order valence-corrected chi connectivity index (χ2v) is 23.3. The number of nitrogens with one attached hydrogen (secondary N) is 1. The molecule has 0 aromatic carbocycles. The van der Waals surface area contributed by atoms with Gasteiger partial charge >= 0.3 is 11.9 Å². The summed E-state index contributed by atoms with van der Waals surface area (Å²) in [4.78, 5) is 83.6. The van der Waals surface area contributed by atoms with Crippen molar-refractivity contribution >= 4 is 88.1 Å². The van der Waals surface area contributed by atoms with Gasteiger partial charge in [-0.3, -0.25) is 33.7 Å². The van der Waals surface area contributed by atoms with Crippen LogP contribution in [0.3, 0.4) is 0 Å². The number of epoxide rings is 1. The Hall–Kier alpha value is -2.44. The number of amides is 3. The fourth-order valence-electron chi connectivity index (χ4n) is 7.76. The maximum absolute atomic E-state index is 14.2. The molecule has 60 heavy (non-hydrogen) atoms. The zero-order valence-electron chi connectivity index (χ0n) is 36.8. The molecule has 0 aliphatic carbocycles. The van der Waals surface area contributed by atoms with Gasteiger partial charge in [0.25, 0.3) is 0 Å². The lowest BCUT2D eigenvalue weighted by Gasteiger charge is -2.36. The highest BCUT2D eigenvalue weighted by atomic mass is 32.2. The van der Waals surface area contributed by atoms with Crippen molar-refractivity contribution in [3.05, 3.63) is 21.7 Å². The predicted octanol–water partition coefficient (Wildman–Crippen LogP) is 6.62. The van der Waals surface area contributed by atoms with Gasteiger partial charge in [0.2, 0.25) is 17.7 Å². The maximum atomic E-state index is 14.2. The summed E-state index contributed by atoms with van der Waals surface area (Å²) < 4.78 is 18.0. The number of carbonyl (C=O) groups excluding carboxylic acids is 6. The van der Waals surface area contributed by atoms with Crippen LogP contribution in [0.4, 0.5) is 0 Å². The van der Waals surface area contributed by atoms with E-state index in [1.165, 1.54) is 28.0 Å². The Bertz CT molecular complexity index is 1750. The lowest BCUT2D eigenvalue weighted by molar-refractivity contribution is -0.160. The smallest absolute Gasteiger partial charge is 0.309 e. The molecule has 3 aliphatic heterocycles. The van der Waals surface area contributed by atoms with Gasteiger partial charge in [-0.2, -0.15) is 11.8 Å². The van der Waals surface area contributed by atoms with Crippen molar-refractivity contribution in [2.75, 3.05) is 30.9 Å². The minimum absolute atomic E-state index is 0.118. The number of ether oxygens (including phenoxy) is 3. The number of aliphatic hydroxyl groups excluding tert-OH is 1. The summed E-state index contributed by atoms with van der Waals surface area (Å²) in [6.07, 6.45) is 3.75. The van der Waals surface area contributed by atoms with Gasteiger partial charge in [-0.25, -0.2) is 4.98 Å². The highest BCUT2D eigenvalue weighted by molar-refractivity contribution is 8.18. The molecule has 2 N–H and O–H groups in total. The zero-order valence-corrected chi connectivity index (χ0v) is 40.1. The number of esters is 2. The van der Waals surface area contributed by atoms with Crippen molar-refractivity contribution in [3.63, 3.8) is 0 Å². The molecule has 3 fully saturated rings. The van der Waals surface area contributed by atoms with E-state index in [1.54, 1.807) is 50.6 Å². The van der Waals surface area contributed by atoms with Crippen molar-refractivity contribution in [3.8, 4) is 0 Å². The number of hydrogen-bond donors (Lipinski definition) is 2. The van der Waals surface area contributed by atoms with Crippen molar-refractivity contribution < 1.29 is 48.1 Å². The van der Waals surface area contributed by atoms with Crippen LogP contribution in [0.2, 0.25) is 0 Å². The third kappa shape index (κ3) is 14.0. The number of cyclic esters (lactones) is 1. The number of aryl methyl sites for hydroxylation is 1. The van der Waals surface area contributed by atoms with Crippen LogP contribution in [0.1, 0.15) is 117 Å². The Balaban J connectivity index is 1.31. The first-order valence-corrected chi connectivity index (χ1v) is 25.0. The summed E-state index contributed by atoms with van der Waals surface area (Å²) in [5, 5.41) is 16.7. The third-order valence-electron chi connectivity index (χ3n) is 11.8. The van der Waals surface area contributed by atoms with Gasteiger partial charge in [0.1, 0.15) is 18.0 Å². The Kier molecular flexibility index (Phi) is 18.2. The van der Waals surface area contributed by atoms with E-state index in [-0.39, 0.29) is 83.6 Å². The van der Waals surface area contributed by atoms with Gasteiger partial charge in [-0.05, 0) is 71.3 Å². The molecule has 336 valence electrons. The number of aliphatic hydroxyl groups is 1. The molecule has 3 saturated heterocycles. The lowest BCUT2D eigenvalue weighted by Crippen LogP contribution is -2.47. The fourth-order valence-corrected chi connectivity index (χ4v) is 11.3. The van der Waals surface area contributed by atoms with Gasteiger partial charge in [0.05, 0.1) is 62.0 Å². The van der Waals surface area contributed by atoms with E-state index in [4.69, 9.17) is 14.2 Å². The summed E-state index contributed by atoms with van der Waals surface area (Å²) in [6, 6.07) is 0. The number of imide groups is 1. The van der Waals surface area contributed by atoms with Crippen LogP contribution in [0.5, 0.6) is 0 Å². The Morgan fingerprint density at radius 2 is 1.80 bits per heavy atom. The van der Waals surface area contributed by atoms with Crippen molar-refractivity contribution in [1.29, 1.82) is 0 Å². The van der Waals surface area contributed by atoms with Gasteiger partial charge in [0, 0.05) is 49.2 Å². The molecule has 0 bridgehead atoms. The molecule has 8 atom stereocenters. The average molecular weight is 912 g/mol. The summed E-state index contributed by atoms with van der Waals surface area (Å²) in [7, 11) is 0. The minimum atomic E-state index is -1.34. The zero-order chi connectivity index (χ0) is 44.6. The van der Waals surface area contributed by atoms with Crippen LogP contribution in [-0.4, -0.2) is 121 Å². The quantitative estimate of drug-likeness (QED) is 0.0830. The van der Waals surface area contributed by atoms with Crippen molar-refractivity contribution in [2.24, 2.45) is 17.3 Å². The molecule has 3 aliphatic rings. The first-order valence-electron chi connectivity index (χ1n) is 20.9. The van der Waals surface area contributed by atoms with Crippen LogP contribution in [0.25, 0.3) is 6.08 Å². The molecule has 0 saturated carbocycles. The van der Waals surface area contributed by atoms with Crippen LogP contribution in [-0.2, 0) is 43.0 Å². The summed E-state index contributed by atoms with van der Waals surface area (Å²) >= 11 is 6.07. The lowest BCUT2D eigenvalue weighted by atomic mass is 9.72. The number of fused-ring (bicyclic) bond motifs is 1. The normalized spacial score (nSPS) is 29.6. The van der Waals surface area contributed by atoms with E-state index >= 15 is 0 Å². The van der Waals surface area contributed by atoms with E-state index < -0.39 is 47.2 Å². The molecule has 13 nitrogen and oxygen atoms in total. The van der Waals surface area contributed by atoms with E-state index in [2.05, 4.69) is 17.2 Å². The number of aromatic nitrogens is 1. The molecular weight excluding hydrogens is 847 g/mol. The van der Waals surface area contributed by atoms with E-state index in [0.717, 1.165) is 29.1 Å². The number of thioether (sulfide) groups is 3. The van der Waals surface area contributed by atoms with Gasteiger partial charge < -0.3 is 24.6 Å². The van der Waals surface area contributed by atoms with Crippen LogP contribution in [0, 0.1) is 24.2 Å². The molecule has 1 aromatic rings. The molecule has 4 rings (SSSR count). The molecule has 4 heterocycles. The molecule has 17 heteroatoms. The van der Waals surface area contributed by atoms with E-state index in [1.807, 2.05) is 46.1 Å². The van der Waals surface area contributed by atoms with Crippen molar-refractivity contribution in [1.82, 2.24) is 15.2 Å². The first kappa shape index (κ1) is 50.2.